The zero-order chi connectivity index (χ0) is 15.2. The molecule has 1 aromatic rings. The number of hydrogen-bond acceptors (Lipinski definition) is 2. The van der Waals surface area contributed by atoms with Crippen LogP contribution in [0.3, 0.4) is 0 Å². The first-order valence-corrected chi connectivity index (χ1v) is 7.88. The molecule has 1 amide bonds. The topological polar surface area (TPSA) is 32.3 Å². The molecule has 0 aliphatic heterocycles. The summed E-state index contributed by atoms with van der Waals surface area (Å²) >= 11 is 0. The summed E-state index contributed by atoms with van der Waals surface area (Å²) in [5, 5.41) is 3.55. The Hall–Kier alpha value is -1.42. The summed E-state index contributed by atoms with van der Waals surface area (Å²) in [5.74, 6) is -0.323. The quantitative estimate of drug-likeness (QED) is 0.904. The lowest BCUT2D eigenvalue weighted by molar-refractivity contribution is 0.0684. The van der Waals surface area contributed by atoms with Crippen molar-refractivity contribution in [2.45, 2.75) is 51.1 Å². The van der Waals surface area contributed by atoms with Crippen molar-refractivity contribution in [3.63, 3.8) is 0 Å². The second-order valence-electron chi connectivity index (χ2n) is 5.88. The molecule has 1 aliphatic carbocycles. The van der Waals surface area contributed by atoms with Crippen LogP contribution >= 0.6 is 0 Å². The first-order valence-electron chi connectivity index (χ1n) is 7.88. The number of nitrogens with one attached hydrogen (secondary N) is 1. The van der Waals surface area contributed by atoms with Gasteiger partial charge in [0.25, 0.3) is 5.91 Å². The molecular formula is C17H25FN2O. The third-order valence-electron chi connectivity index (χ3n) is 4.34. The number of benzene rings is 1. The van der Waals surface area contributed by atoms with Crippen molar-refractivity contribution < 1.29 is 9.18 Å². The molecule has 0 spiro atoms. The number of rotatable bonds is 5. The van der Waals surface area contributed by atoms with Gasteiger partial charge >= 0.3 is 0 Å². The summed E-state index contributed by atoms with van der Waals surface area (Å²) in [7, 11) is 1.86. The van der Waals surface area contributed by atoms with E-state index in [2.05, 4.69) is 12.2 Å². The van der Waals surface area contributed by atoms with Crippen molar-refractivity contribution in [3.8, 4) is 0 Å². The lowest BCUT2D eigenvalue weighted by atomic mass is 9.90. The molecule has 0 aromatic heterocycles. The Morgan fingerprint density at radius 3 is 2.43 bits per heavy atom. The van der Waals surface area contributed by atoms with Crippen LogP contribution in [0.4, 0.5) is 4.39 Å². The fourth-order valence-electron chi connectivity index (χ4n) is 2.98. The number of carbonyl (C=O) groups excluding carboxylic acids is 1. The Morgan fingerprint density at radius 1 is 1.24 bits per heavy atom. The normalized spacial score (nSPS) is 22.0. The molecule has 0 heterocycles. The predicted octanol–water partition coefficient (Wildman–Crippen LogP) is 3.21. The minimum atomic E-state index is -0.309. The molecule has 116 valence electrons. The molecular weight excluding hydrogens is 267 g/mol. The molecule has 1 saturated carbocycles. The summed E-state index contributed by atoms with van der Waals surface area (Å²) in [6, 6.07) is 6.68. The second-order valence-corrected chi connectivity index (χ2v) is 5.88. The summed E-state index contributed by atoms with van der Waals surface area (Å²) in [5.41, 5.74) is 0.560. The first kappa shape index (κ1) is 16.0. The van der Waals surface area contributed by atoms with Gasteiger partial charge in [-0.2, -0.15) is 0 Å². The molecule has 2 rings (SSSR count). The minimum absolute atomic E-state index is 0.0139. The van der Waals surface area contributed by atoms with Gasteiger partial charge in [0.05, 0.1) is 0 Å². The van der Waals surface area contributed by atoms with E-state index in [9.17, 15) is 9.18 Å². The van der Waals surface area contributed by atoms with Crippen molar-refractivity contribution in [3.05, 3.63) is 35.6 Å². The van der Waals surface area contributed by atoms with Gasteiger partial charge in [-0.25, -0.2) is 4.39 Å². The Bertz CT molecular complexity index is 452. The van der Waals surface area contributed by atoms with Crippen molar-refractivity contribution in [2.24, 2.45) is 0 Å². The van der Waals surface area contributed by atoms with Crippen molar-refractivity contribution in [2.75, 3.05) is 13.6 Å². The highest BCUT2D eigenvalue weighted by Gasteiger charge is 2.26. The Labute approximate surface area is 126 Å². The fourth-order valence-corrected chi connectivity index (χ4v) is 2.98. The van der Waals surface area contributed by atoms with Gasteiger partial charge in [-0.3, -0.25) is 4.79 Å². The van der Waals surface area contributed by atoms with Gasteiger partial charge < -0.3 is 10.2 Å². The predicted molar refractivity (Wildman–Crippen MR) is 82.8 cm³/mol. The van der Waals surface area contributed by atoms with Crippen molar-refractivity contribution >= 4 is 5.91 Å². The van der Waals surface area contributed by atoms with Gasteiger partial charge in [0, 0.05) is 24.7 Å². The van der Waals surface area contributed by atoms with Crippen molar-refractivity contribution in [1.29, 1.82) is 0 Å². The van der Waals surface area contributed by atoms with Crippen LogP contribution in [0.5, 0.6) is 0 Å². The van der Waals surface area contributed by atoms with Crippen LogP contribution in [0, 0.1) is 5.82 Å². The van der Waals surface area contributed by atoms with Gasteiger partial charge in [0.15, 0.2) is 0 Å². The maximum atomic E-state index is 12.9. The highest BCUT2D eigenvalue weighted by Crippen LogP contribution is 2.23. The van der Waals surface area contributed by atoms with Crippen LogP contribution in [0.25, 0.3) is 0 Å². The largest absolute Gasteiger partial charge is 0.339 e. The van der Waals surface area contributed by atoms with Gasteiger partial charge in [0.2, 0.25) is 0 Å². The molecule has 1 fully saturated rings. The number of amides is 1. The summed E-state index contributed by atoms with van der Waals surface area (Å²) in [6.45, 7) is 3.24. The maximum Gasteiger partial charge on any atom is 0.253 e. The fraction of sp³-hybridized carbons (Fsp3) is 0.588. The minimum Gasteiger partial charge on any atom is -0.339 e. The van der Waals surface area contributed by atoms with E-state index in [0.717, 1.165) is 38.6 Å². The third-order valence-corrected chi connectivity index (χ3v) is 4.34. The first-order chi connectivity index (χ1) is 10.1. The molecule has 21 heavy (non-hydrogen) atoms. The molecule has 1 N–H and O–H groups in total. The van der Waals surface area contributed by atoms with Crippen LogP contribution in [0.1, 0.15) is 49.4 Å². The molecule has 0 bridgehead atoms. The summed E-state index contributed by atoms with van der Waals surface area (Å²) in [4.78, 5) is 14.2. The number of halogens is 1. The van der Waals surface area contributed by atoms with E-state index in [1.165, 1.54) is 12.1 Å². The molecule has 0 radical (unpaired) electrons. The molecule has 0 saturated heterocycles. The molecule has 1 aliphatic rings. The average molecular weight is 292 g/mol. The SMILES string of the molecule is CCCNC1CCC(N(C)C(=O)c2ccc(F)cc2)CC1. The van der Waals surface area contributed by atoms with E-state index >= 15 is 0 Å². The van der Waals surface area contributed by atoms with Crippen LogP contribution < -0.4 is 5.32 Å². The highest BCUT2D eigenvalue weighted by atomic mass is 19.1. The molecule has 3 nitrogen and oxygen atoms in total. The van der Waals surface area contributed by atoms with Gasteiger partial charge in [-0.1, -0.05) is 6.92 Å². The van der Waals surface area contributed by atoms with Crippen LogP contribution in [-0.2, 0) is 0 Å². The highest BCUT2D eigenvalue weighted by molar-refractivity contribution is 5.94. The van der Waals surface area contributed by atoms with E-state index in [1.807, 2.05) is 11.9 Å². The lowest BCUT2D eigenvalue weighted by Gasteiger charge is -2.35. The van der Waals surface area contributed by atoms with E-state index < -0.39 is 0 Å². The summed E-state index contributed by atoms with van der Waals surface area (Å²) in [6.07, 6.45) is 5.45. The average Bonchev–Trinajstić information content (AvgIpc) is 2.53. The van der Waals surface area contributed by atoms with Crippen LogP contribution in [-0.4, -0.2) is 36.5 Å². The molecule has 1 aromatic carbocycles. The van der Waals surface area contributed by atoms with E-state index in [0.29, 0.717) is 17.6 Å². The summed E-state index contributed by atoms with van der Waals surface area (Å²) < 4.78 is 12.9. The van der Waals surface area contributed by atoms with Crippen LogP contribution in [0.15, 0.2) is 24.3 Å². The Kier molecular flexibility index (Phi) is 5.74. The van der Waals surface area contributed by atoms with E-state index in [4.69, 9.17) is 0 Å². The van der Waals surface area contributed by atoms with Gasteiger partial charge in [-0.05, 0) is 62.9 Å². The molecule has 4 heteroatoms. The number of nitrogens with zero attached hydrogens (tertiary/aromatic N) is 1. The number of carbonyl (C=O) groups is 1. The third kappa shape index (κ3) is 4.27. The number of hydrogen-bond donors (Lipinski definition) is 1. The van der Waals surface area contributed by atoms with E-state index in [1.54, 1.807) is 12.1 Å². The Morgan fingerprint density at radius 2 is 1.86 bits per heavy atom. The second kappa shape index (κ2) is 7.55. The maximum absolute atomic E-state index is 12.9. The zero-order valence-electron chi connectivity index (χ0n) is 12.9. The lowest BCUT2D eigenvalue weighted by Crippen LogP contribution is -2.43. The monoisotopic (exact) mass is 292 g/mol. The Balaban J connectivity index is 1.88. The van der Waals surface area contributed by atoms with Gasteiger partial charge in [-0.15, -0.1) is 0 Å². The molecule has 0 unspecified atom stereocenters. The van der Waals surface area contributed by atoms with Crippen molar-refractivity contribution in [1.82, 2.24) is 10.2 Å². The van der Waals surface area contributed by atoms with E-state index in [-0.39, 0.29) is 11.7 Å². The standard InChI is InChI=1S/C17H25FN2O/c1-3-12-19-15-8-10-16(11-9-15)20(2)17(21)13-4-6-14(18)7-5-13/h4-7,15-16,19H,3,8-12H2,1-2H3. The molecule has 0 atom stereocenters. The van der Waals surface area contributed by atoms with Crippen LogP contribution in [0.2, 0.25) is 0 Å². The zero-order valence-corrected chi connectivity index (χ0v) is 12.9. The van der Waals surface area contributed by atoms with Gasteiger partial charge in [0.1, 0.15) is 5.82 Å². The smallest absolute Gasteiger partial charge is 0.253 e.